The van der Waals surface area contributed by atoms with Crippen molar-refractivity contribution >= 4 is 34.3 Å². The molecule has 5 heterocycles. The number of pyridine rings is 2. The van der Waals surface area contributed by atoms with Crippen LogP contribution < -0.4 is 9.64 Å². The second-order valence-electron chi connectivity index (χ2n) is 12.9. The number of hydrogen-bond donors (Lipinski definition) is 1. The molecule has 10 nitrogen and oxygen atoms in total. The molecule has 1 fully saturated rings. The monoisotopic (exact) mass is 640 g/mol. The summed E-state index contributed by atoms with van der Waals surface area (Å²) in [7, 11) is 1.49. The molecule has 0 atom stereocenters. The van der Waals surface area contributed by atoms with Crippen LogP contribution in [0.4, 0.5) is 15.0 Å². The molecule has 11 heteroatoms. The van der Waals surface area contributed by atoms with Crippen LogP contribution in [0.1, 0.15) is 55.7 Å². The van der Waals surface area contributed by atoms with Crippen molar-refractivity contribution in [3.05, 3.63) is 77.6 Å². The maximum Gasteiger partial charge on any atom is 0.410 e. The maximum atomic E-state index is 14.1. The van der Waals surface area contributed by atoms with Crippen molar-refractivity contribution in [1.82, 2.24) is 24.8 Å². The fraction of sp³-hybridized carbons (Fsp3) is 0.389. The number of nitrogens with one attached hydrogen (secondary N) is 1. The van der Waals surface area contributed by atoms with Gasteiger partial charge in [0.25, 0.3) is 5.91 Å². The Morgan fingerprint density at radius 2 is 1.79 bits per heavy atom. The number of aromatic amines is 1. The highest BCUT2D eigenvalue weighted by molar-refractivity contribution is 6.05. The van der Waals surface area contributed by atoms with Gasteiger partial charge < -0.3 is 29.2 Å². The van der Waals surface area contributed by atoms with E-state index in [-0.39, 0.29) is 12.0 Å². The third-order valence-corrected chi connectivity index (χ3v) is 8.58. The summed E-state index contributed by atoms with van der Waals surface area (Å²) in [5.74, 6) is 0.417. The number of halogens is 1. The molecule has 0 unspecified atom stereocenters. The predicted octanol–water partition coefficient (Wildman–Crippen LogP) is 6.32. The van der Waals surface area contributed by atoms with Crippen molar-refractivity contribution in [1.29, 1.82) is 0 Å². The van der Waals surface area contributed by atoms with Crippen LogP contribution in [0.2, 0.25) is 0 Å². The van der Waals surface area contributed by atoms with Crippen molar-refractivity contribution in [2.45, 2.75) is 46.1 Å². The van der Waals surface area contributed by atoms with Crippen LogP contribution in [0, 0.1) is 5.82 Å². The number of piperazine rings is 1. The zero-order valence-electron chi connectivity index (χ0n) is 27.6. The fourth-order valence-electron chi connectivity index (χ4n) is 6.25. The number of carbonyl (C=O) groups excluding carboxylic acids is 2. The number of benzene rings is 1. The van der Waals surface area contributed by atoms with Crippen LogP contribution in [0.3, 0.4) is 0 Å². The average Bonchev–Trinajstić information content (AvgIpc) is 3.51. The quantitative estimate of drug-likeness (QED) is 0.263. The molecule has 0 saturated carbocycles. The van der Waals surface area contributed by atoms with E-state index in [0.29, 0.717) is 56.4 Å². The molecule has 4 aromatic rings. The lowest BCUT2D eigenvalue weighted by molar-refractivity contribution is 0.0273. The minimum atomic E-state index is -0.573. The Morgan fingerprint density at radius 3 is 2.51 bits per heavy atom. The number of aryl methyl sites for hydroxylation is 1. The summed E-state index contributed by atoms with van der Waals surface area (Å²) in [6.45, 7) is 10.8. The van der Waals surface area contributed by atoms with E-state index in [1.54, 1.807) is 11.1 Å². The minimum Gasteiger partial charge on any atom is -0.493 e. The van der Waals surface area contributed by atoms with Gasteiger partial charge in [-0.25, -0.2) is 14.2 Å². The van der Waals surface area contributed by atoms with Gasteiger partial charge >= 0.3 is 6.09 Å². The van der Waals surface area contributed by atoms with E-state index in [1.165, 1.54) is 19.4 Å². The van der Waals surface area contributed by atoms with Gasteiger partial charge in [0.05, 0.1) is 25.4 Å². The number of carbonyl (C=O) groups is 2. The highest BCUT2D eigenvalue weighted by Crippen LogP contribution is 2.35. The number of anilines is 1. The lowest BCUT2D eigenvalue weighted by Crippen LogP contribution is -2.49. The van der Waals surface area contributed by atoms with Crippen LogP contribution in [-0.4, -0.2) is 88.7 Å². The molecule has 2 aliphatic rings. The minimum absolute atomic E-state index is 0.0605. The van der Waals surface area contributed by atoms with E-state index in [4.69, 9.17) is 9.47 Å². The molecule has 1 aromatic carbocycles. The van der Waals surface area contributed by atoms with Crippen molar-refractivity contribution in [2.75, 3.05) is 51.3 Å². The van der Waals surface area contributed by atoms with Gasteiger partial charge in [-0.1, -0.05) is 13.0 Å². The van der Waals surface area contributed by atoms with Crippen molar-refractivity contribution in [3.8, 4) is 16.9 Å². The molecule has 1 saturated heterocycles. The molecule has 2 aliphatic heterocycles. The van der Waals surface area contributed by atoms with Gasteiger partial charge in [0.2, 0.25) is 0 Å². The van der Waals surface area contributed by atoms with Gasteiger partial charge in [-0.05, 0) is 74.6 Å². The number of nitrogens with zero attached hydrogens (tertiary/aromatic N) is 5. The van der Waals surface area contributed by atoms with Gasteiger partial charge in [-0.15, -0.1) is 0 Å². The number of methoxy groups -OCH3 is 1. The third-order valence-electron chi connectivity index (χ3n) is 8.58. The highest BCUT2D eigenvalue weighted by Gasteiger charge is 2.28. The Bertz CT molecular complexity index is 1840. The normalized spacial score (nSPS) is 15.5. The van der Waals surface area contributed by atoms with E-state index in [1.807, 2.05) is 55.0 Å². The number of hydrogen-bond acceptors (Lipinski definition) is 7. The number of aromatic nitrogens is 3. The lowest BCUT2D eigenvalue weighted by atomic mass is 9.95. The largest absolute Gasteiger partial charge is 0.493 e. The first-order chi connectivity index (χ1) is 22.5. The predicted molar refractivity (Wildman–Crippen MR) is 180 cm³/mol. The molecule has 6 rings (SSSR count). The summed E-state index contributed by atoms with van der Waals surface area (Å²) in [5, 5.41) is 0.911. The summed E-state index contributed by atoms with van der Waals surface area (Å²) < 4.78 is 24.7. The first kappa shape index (κ1) is 32.0. The first-order valence-electron chi connectivity index (χ1n) is 16.1. The topological polar surface area (TPSA) is 104 Å². The number of ether oxygens (including phenoxy) is 2. The summed E-state index contributed by atoms with van der Waals surface area (Å²) in [6.07, 6.45) is 8.17. The third kappa shape index (κ3) is 6.79. The summed E-state index contributed by atoms with van der Waals surface area (Å²) in [5.41, 5.74) is 5.87. The highest BCUT2D eigenvalue weighted by atomic mass is 19.1. The van der Waals surface area contributed by atoms with Crippen molar-refractivity contribution < 1.29 is 23.5 Å². The second-order valence-corrected chi connectivity index (χ2v) is 12.9. The molecule has 3 aromatic heterocycles. The maximum absolute atomic E-state index is 14.1. The van der Waals surface area contributed by atoms with Crippen LogP contribution >= 0.6 is 0 Å². The van der Waals surface area contributed by atoms with E-state index in [2.05, 4.69) is 34.0 Å². The van der Waals surface area contributed by atoms with Gasteiger partial charge in [0.15, 0.2) is 11.6 Å². The molecule has 2 amide bonds. The Kier molecular flexibility index (Phi) is 8.90. The SMILES string of the molecule is CCc1cnccc1-c1cc(C(=O)N2CCN(c3ncc(F)cc3OC)CC2)cc2cc(C3=CCCN(C(=O)OC(C)(C)C)C3)[nH]c12. The zero-order chi connectivity index (χ0) is 33.3. The van der Waals surface area contributed by atoms with Crippen LogP contribution in [0.15, 0.2) is 55.0 Å². The molecule has 246 valence electrons. The fourth-order valence-corrected chi connectivity index (χ4v) is 6.25. The van der Waals surface area contributed by atoms with Crippen LogP contribution in [0.25, 0.3) is 27.6 Å². The number of H-pyrrole nitrogens is 1. The standard InChI is InChI=1S/C36H41FN6O4/c1-6-23-20-38-10-9-28(23)29-17-26(34(44)42-14-12-41(13-15-42)33-31(46-5)19-27(37)21-39-33)16-25-18-30(40-32(25)29)24-8-7-11-43(22-24)35(45)47-36(2,3)4/h8-10,16-21,40H,6-7,11-15,22H2,1-5H3. The molecule has 0 spiro atoms. The van der Waals surface area contributed by atoms with Crippen LogP contribution in [-0.2, 0) is 11.2 Å². The number of amides is 2. The molecule has 1 N–H and O–H groups in total. The zero-order valence-corrected chi connectivity index (χ0v) is 27.6. The molecule has 0 bridgehead atoms. The molecule has 0 aliphatic carbocycles. The Labute approximate surface area is 274 Å². The van der Waals surface area contributed by atoms with Crippen LogP contribution in [0.5, 0.6) is 5.75 Å². The number of fused-ring (bicyclic) bond motifs is 1. The molecular formula is C36H41FN6O4. The Morgan fingerprint density at radius 1 is 1.00 bits per heavy atom. The Hall–Kier alpha value is -4.93. The number of rotatable bonds is 6. The van der Waals surface area contributed by atoms with E-state index in [0.717, 1.165) is 51.7 Å². The van der Waals surface area contributed by atoms with Crippen molar-refractivity contribution in [3.63, 3.8) is 0 Å². The Balaban J connectivity index is 1.31. The molecule has 0 radical (unpaired) electrons. The molecular weight excluding hydrogens is 599 g/mol. The summed E-state index contributed by atoms with van der Waals surface area (Å²) in [6, 6.07) is 9.30. The van der Waals surface area contributed by atoms with Gasteiger partial charge in [0.1, 0.15) is 11.4 Å². The molecule has 47 heavy (non-hydrogen) atoms. The van der Waals surface area contributed by atoms with Gasteiger partial charge in [-0.2, -0.15) is 0 Å². The van der Waals surface area contributed by atoms with E-state index in [9.17, 15) is 14.0 Å². The summed E-state index contributed by atoms with van der Waals surface area (Å²) >= 11 is 0. The second kappa shape index (κ2) is 13.1. The smallest absolute Gasteiger partial charge is 0.410 e. The van der Waals surface area contributed by atoms with E-state index < -0.39 is 11.4 Å². The van der Waals surface area contributed by atoms with Crippen molar-refractivity contribution in [2.24, 2.45) is 0 Å². The van der Waals surface area contributed by atoms with Gasteiger partial charge in [0, 0.05) is 73.4 Å². The first-order valence-corrected chi connectivity index (χ1v) is 16.1. The average molecular weight is 641 g/mol. The van der Waals surface area contributed by atoms with E-state index >= 15 is 0 Å². The summed E-state index contributed by atoms with van der Waals surface area (Å²) in [4.78, 5) is 44.8. The lowest BCUT2D eigenvalue weighted by Gasteiger charge is -2.36. The van der Waals surface area contributed by atoms with Gasteiger partial charge in [-0.3, -0.25) is 9.78 Å².